The molecule has 1 saturated heterocycles. The number of benzene rings is 2. The molecule has 2 aromatic carbocycles. The van der Waals surface area contributed by atoms with Gasteiger partial charge in [0.15, 0.2) is 0 Å². The topological polar surface area (TPSA) is 56.8 Å². The summed E-state index contributed by atoms with van der Waals surface area (Å²) in [5.74, 6) is 0.919. The first-order chi connectivity index (χ1) is 14.2. The third kappa shape index (κ3) is 5.34. The van der Waals surface area contributed by atoms with Gasteiger partial charge in [0.1, 0.15) is 12.4 Å². The number of hydrogen-bond donors (Lipinski definition) is 2. The van der Waals surface area contributed by atoms with Gasteiger partial charge in [0.25, 0.3) is 0 Å². The number of piperazine rings is 1. The van der Waals surface area contributed by atoms with Gasteiger partial charge in [-0.05, 0) is 36.2 Å². The molecule has 2 N–H and O–H groups in total. The van der Waals surface area contributed by atoms with E-state index in [4.69, 9.17) is 16.3 Å². The van der Waals surface area contributed by atoms with Gasteiger partial charge in [-0.25, -0.2) is 4.79 Å². The van der Waals surface area contributed by atoms with Crippen LogP contribution < -0.4 is 20.3 Å². The molecule has 154 valence electrons. The summed E-state index contributed by atoms with van der Waals surface area (Å²) < 4.78 is 5.73. The highest BCUT2D eigenvalue weighted by molar-refractivity contribution is 6.30. The van der Waals surface area contributed by atoms with Crippen molar-refractivity contribution in [3.63, 3.8) is 0 Å². The fourth-order valence-electron chi connectivity index (χ4n) is 3.89. The van der Waals surface area contributed by atoms with Crippen LogP contribution in [0.25, 0.3) is 0 Å². The van der Waals surface area contributed by atoms with E-state index < -0.39 is 0 Å². The maximum Gasteiger partial charge on any atom is 0.315 e. The Kier molecular flexibility index (Phi) is 6.42. The van der Waals surface area contributed by atoms with Crippen LogP contribution in [0.15, 0.2) is 48.5 Å². The van der Waals surface area contributed by atoms with Gasteiger partial charge in [0.05, 0.1) is 6.04 Å². The molecule has 2 aliphatic rings. The molecule has 7 heteroatoms. The number of nitrogens with one attached hydrogen (secondary N) is 2. The van der Waals surface area contributed by atoms with Gasteiger partial charge in [-0.15, -0.1) is 0 Å². The Labute approximate surface area is 176 Å². The second-order valence-electron chi connectivity index (χ2n) is 7.53. The highest BCUT2D eigenvalue weighted by Crippen LogP contribution is 2.24. The van der Waals surface area contributed by atoms with E-state index in [0.29, 0.717) is 13.2 Å². The van der Waals surface area contributed by atoms with Gasteiger partial charge in [-0.1, -0.05) is 35.9 Å². The minimum atomic E-state index is -0.129. The average Bonchev–Trinajstić information content (AvgIpc) is 2.74. The second-order valence-corrected chi connectivity index (χ2v) is 7.97. The summed E-state index contributed by atoms with van der Waals surface area (Å²) >= 11 is 6.09. The van der Waals surface area contributed by atoms with E-state index in [2.05, 4.69) is 26.5 Å². The van der Waals surface area contributed by atoms with Gasteiger partial charge in [-0.2, -0.15) is 0 Å². The van der Waals surface area contributed by atoms with E-state index in [9.17, 15) is 4.79 Å². The van der Waals surface area contributed by atoms with Crippen LogP contribution in [0, 0.1) is 0 Å². The average molecular weight is 415 g/mol. The van der Waals surface area contributed by atoms with Crippen LogP contribution in [0.1, 0.15) is 5.56 Å². The molecule has 2 amide bonds. The predicted molar refractivity (Wildman–Crippen MR) is 116 cm³/mol. The Bertz CT molecular complexity index is 839. The Hall–Kier alpha value is -2.44. The summed E-state index contributed by atoms with van der Waals surface area (Å²) in [6, 6.07) is 15.9. The first-order valence-corrected chi connectivity index (χ1v) is 10.5. The number of amides is 2. The normalized spacial score (nSPS) is 19.2. The lowest BCUT2D eigenvalue weighted by Gasteiger charge is -2.36. The quantitative estimate of drug-likeness (QED) is 0.789. The third-order valence-corrected chi connectivity index (χ3v) is 5.71. The number of halogens is 1. The van der Waals surface area contributed by atoms with E-state index >= 15 is 0 Å². The molecule has 0 aromatic heterocycles. The fraction of sp³-hybridized carbons (Fsp3) is 0.409. The number of ether oxygens (including phenoxy) is 1. The van der Waals surface area contributed by atoms with E-state index in [1.807, 2.05) is 42.5 Å². The van der Waals surface area contributed by atoms with Crippen molar-refractivity contribution in [3.05, 3.63) is 59.1 Å². The standard InChI is InChI=1S/C22H27ClN4O2/c23-18-5-3-6-20(15-18)27-12-10-26(11-13-27)9-8-24-22(28)25-19-14-17-4-1-2-7-21(17)29-16-19/h1-7,15,19H,8-14,16H2,(H2,24,25,28). The lowest BCUT2D eigenvalue weighted by molar-refractivity contribution is 0.211. The van der Waals surface area contributed by atoms with Gasteiger partial charge >= 0.3 is 6.03 Å². The highest BCUT2D eigenvalue weighted by atomic mass is 35.5. The van der Waals surface area contributed by atoms with Crippen LogP contribution in [0.4, 0.5) is 10.5 Å². The zero-order valence-electron chi connectivity index (χ0n) is 16.4. The van der Waals surface area contributed by atoms with Crippen molar-refractivity contribution in [3.8, 4) is 5.75 Å². The van der Waals surface area contributed by atoms with Crippen molar-refractivity contribution in [1.82, 2.24) is 15.5 Å². The number of hydrogen-bond acceptors (Lipinski definition) is 4. The molecule has 2 heterocycles. The van der Waals surface area contributed by atoms with Crippen molar-refractivity contribution in [2.24, 2.45) is 0 Å². The molecule has 1 atom stereocenters. The molecule has 1 unspecified atom stereocenters. The smallest absolute Gasteiger partial charge is 0.315 e. The molecule has 1 fully saturated rings. The molecule has 0 bridgehead atoms. The summed E-state index contributed by atoms with van der Waals surface area (Å²) in [5, 5.41) is 6.76. The molecule has 4 rings (SSSR count). The van der Waals surface area contributed by atoms with Crippen LogP contribution in [0.3, 0.4) is 0 Å². The van der Waals surface area contributed by atoms with Crippen LogP contribution in [-0.2, 0) is 6.42 Å². The minimum Gasteiger partial charge on any atom is -0.491 e. The van der Waals surface area contributed by atoms with Crippen LogP contribution in [0.5, 0.6) is 5.75 Å². The van der Waals surface area contributed by atoms with Crippen LogP contribution in [0.2, 0.25) is 5.02 Å². The largest absolute Gasteiger partial charge is 0.491 e. The van der Waals surface area contributed by atoms with Crippen molar-refractivity contribution >= 4 is 23.3 Å². The molecular formula is C22H27ClN4O2. The zero-order chi connectivity index (χ0) is 20.1. The molecule has 0 aliphatic carbocycles. The molecule has 0 spiro atoms. The van der Waals surface area contributed by atoms with E-state index in [1.54, 1.807) is 0 Å². The second kappa shape index (κ2) is 9.37. The van der Waals surface area contributed by atoms with Crippen LogP contribution in [-0.4, -0.2) is 62.8 Å². The maximum atomic E-state index is 12.2. The van der Waals surface area contributed by atoms with Crippen LogP contribution >= 0.6 is 11.6 Å². The van der Waals surface area contributed by atoms with E-state index in [0.717, 1.165) is 55.5 Å². The minimum absolute atomic E-state index is 0.00569. The lowest BCUT2D eigenvalue weighted by Crippen LogP contribution is -2.51. The summed E-state index contributed by atoms with van der Waals surface area (Å²) in [7, 11) is 0. The molecule has 2 aliphatic heterocycles. The Balaban J connectivity index is 1.14. The first kappa shape index (κ1) is 19.9. The van der Waals surface area contributed by atoms with E-state index in [1.165, 1.54) is 5.69 Å². The number of carbonyl (C=O) groups excluding carboxylic acids is 1. The fourth-order valence-corrected chi connectivity index (χ4v) is 4.07. The molecular weight excluding hydrogens is 388 g/mol. The number of para-hydroxylation sites is 1. The Morgan fingerprint density at radius 3 is 2.76 bits per heavy atom. The van der Waals surface area contributed by atoms with Crippen molar-refractivity contribution in [1.29, 1.82) is 0 Å². The van der Waals surface area contributed by atoms with Gasteiger partial charge in [-0.3, -0.25) is 4.90 Å². The molecule has 0 saturated carbocycles. The maximum absolute atomic E-state index is 12.2. The first-order valence-electron chi connectivity index (χ1n) is 10.2. The molecule has 6 nitrogen and oxygen atoms in total. The van der Waals surface area contributed by atoms with Gasteiger partial charge in [0.2, 0.25) is 0 Å². The number of rotatable bonds is 5. The summed E-state index contributed by atoms with van der Waals surface area (Å²) in [5.41, 5.74) is 2.31. The molecule has 0 radical (unpaired) electrons. The van der Waals surface area contributed by atoms with Crippen molar-refractivity contribution in [2.75, 3.05) is 50.8 Å². The molecule has 29 heavy (non-hydrogen) atoms. The summed E-state index contributed by atoms with van der Waals surface area (Å²) in [4.78, 5) is 16.9. The van der Waals surface area contributed by atoms with Gasteiger partial charge < -0.3 is 20.3 Å². The van der Waals surface area contributed by atoms with Crippen molar-refractivity contribution in [2.45, 2.75) is 12.5 Å². The van der Waals surface area contributed by atoms with Crippen molar-refractivity contribution < 1.29 is 9.53 Å². The number of nitrogens with zero attached hydrogens (tertiary/aromatic N) is 2. The third-order valence-electron chi connectivity index (χ3n) is 5.47. The van der Waals surface area contributed by atoms with Gasteiger partial charge in [0, 0.05) is 50.0 Å². The zero-order valence-corrected chi connectivity index (χ0v) is 17.2. The lowest BCUT2D eigenvalue weighted by atomic mass is 10.0. The number of carbonyl (C=O) groups is 1. The number of urea groups is 1. The predicted octanol–water partition coefficient (Wildman–Crippen LogP) is 2.76. The monoisotopic (exact) mass is 414 g/mol. The summed E-state index contributed by atoms with van der Waals surface area (Å²) in [6.45, 7) is 5.87. The Morgan fingerprint density at radius 1 is 1.10 bits per heavy atom. The summed E-state index contributed by atoms with van der Waals surface area (Å²) in [6.07, 6.45) is 0.801. The number of fused-ring (bicyclic) bond motifs is 1. The molecule has 2 aromatic rings. The Morgan fingerprint density at radius 2 is 1.93 bits per heavy atom. The number of anilines is 1. The van der Waals surface area contributed by atoms with E-state index in [-0.39, 0.29) is 12.1 Å². The SMILES string of the molecule is O=C(NCCN1CCN(c2cccc(Cl)c2)CC1)NC1COc2ccccc2C1. The highest BCUT2D eigenvalue weighted by Gasteiger charge is 2.21.